The van der Waals surface area contributed by atoms with E-state index < -0.39 is 24.4 Å². The summed E-state index contributed by atoms with van der Waals surface area (Å²) in [5, 5.41) is 9.41. The third-order valence-corrected chi connectivity index (χ3v) is 6.13. The van der Waals surface area contributed by atoms with Crippen LogP contribution in [0.25, 0.3) is 0 Å². The zero-order valence-corrected chi connectivity index (χ0v) is 16.5. The Hall–Kier alpha value is -2.47. The van der Waals surface area contributed by atoms with Crippen LogP contribution >= 0.6 is 0 Å². The van der Waals surface area contributed by atoms with E-state index in [1.807, 2.05) is 31.2 Å². The molecule has 154 valence electrons. The molecule has 0 aromatic heterocycles. The summed E-state index contributed by atoms with van der Waals surface area (Å²) in [4.78, 5) is 16.3. The van der Waals surface area contributed by atoms with Crippen LogP contribution in [0, 0.1) is 6.92 Å². The van der Waals surface area contributed by atoms with Gasteiger partial charge in [-0.1, -0.05) is 42.0 Å². The largest absolute Gasteiger partial charge is 0.508 e. The Morgan fingerprint density at radius 3 is 2.38 bits per heavy atom. The van der Waals surface area contributed by atoms with Gasteiger partial charge in [-0.2, -0.15) is 0 Å². The molecule has 1 amide bonds. The van der Waals surface area contributed by atoms with Gasteiger partial charge in [-0.25, -0.2) is 8.78 Å². The third-order valence-electron chi connectivity index (χ3n) is 6.13. The van der Waals surface area contributed by atoms with E-state index in [4.69, 9.17) is 0 Å². The molecule has 2 aromatic rings. The summed E-state index contributed by atoms with van der Waals surface area (Å²) in [5.74, 6) is -3.79. The van der Waals surface area contributed by atoms with Crippen molar-refractivity contribution in [2.45, 2.75) is 44.2 Å². The van der Waals surface area contributed by atoms with Gasteiger partial charge in [0, 0.05) is 13.1 Å². The van der Waals surface area contributed by atoms with Crippen LogP contribution in [0.4, 0.5) is 8.78 Å². The second kappa shape index (κ2) is 7.75. The van der Waals surface area contributed by atoms with Gasteiger partial charge in [0.05, 0.1) is 18.5 Å². The van der Waals surface area contributed by atoms with E-state index >= 15 is 0 Å². The zero-order valence-electron chi connectivity index (χ0n) is 16.5. The number of hydrogen-bond donors (Lipinski definition) is 1. The summed E-state index contributed by atoms with van der Waals surface area (Å²) in [6.07, 6.45) is 0.879. The number of aromatic hydroxyl groups is 1. The van der Waals surface area contributed by atoms with Crippen molar-refractivity contribution in [3.63, 3.8) is 0 Å². The summed E-state index contributed by atoms with van der Waals surface area (Å²) < 4.78 is 29.9. The van der Waals surface area contributed by atoms with Crippen molar-refractivity contribution in [2.24, 2.45) is 0 Å². The van der Waals surface area contributed by atoms with Crippen LogP contribution in [-0.4, -0.2) is 52.4 Å². The summed E-state index contributed by atoms with van der Waals surface area (Å²) in [7, 11) is 0. The molecule has 2 aromatic carbocycles. The Morgan fingerprint density at radius 2 is 1.72 bits per heavy atom. The van der Waals surface area contributed by atoms with Crippen molar-refractivity contribution in [1.82, 2.24) is 9.80 Å². The number of aryl methyl sites for hydroxylation is 1. The van der Waals surface area contributed by atoms with Gasteiger partial charge in [-0.05, 0) is 49.6 Å². The summed E-state index contributed by atoms with van der Waals surface area (Å²) >= 11 is 0. The number of hydrogen-bond acceptors (Lipinski definition) is 3. The van der Waals surface area contributed by atoms with E-state index in [1.54, 1.807) is 21.9 Å². The van der Waals surface area contributed by atoms with E-state index in [1.165, 1.54) is 12.1 Å². The Kier molecular flexibility index (Phi) is 5.30. The smallest absolute Gasteiger partial charge is 0.267 e. The Labute approximate surface area is 169 Å². The lowest BCUT2D eigenvalue weighted by Crippen LogP contribution is -2.53. The third kappa shape index (κ3) is 4.13. The van der Waals surface area contributed by atoms with Gasteiger partial charge >= 0.3 is 0 Å². The molecule has 0 radical (unpaired) electrons. The number of phenols is 1. The molecule has 6 heteroatoms. The molecular weight excluding hydrogens is 374 g/mol. The first-order chi connectivity index (χ1) is 13.8. The molecule has 0 aliphatic carbocycles. The number of amides is 1. The van der Waals surface area contributed by atoms with E-state index in [2.05, 4.69) is 0 Å². The molecule has 2 saturated heterocycles. The molecule has 1 N–H and O–H groups in total. The second-order valence-electron chi connectivity index (χ2n) is 8.21. The standard InChI is InChI=1S/C23H26F2N2O2/c1-16-2-4-17(5-3-16)14-26-13-11-21(22(26)29)27-12-10-20(23(24,25)15-27)18-6-8-19(28)9-7-18/h2-9,20-21,28H,10-15H2,1H3/t20-,21+/m0/s1. The van der Waals surface area contributed by atoms with Gasteiger partial charge < -0.3 is 10.0 Å². The number of alkyl halides is 2. The average Bonchev–Trinajstić information content (AvgIpc) is 3.04. The lowest BCUT2D eigenvalue weighted by atomic mass is 9.85. The molecule has 0 unspecified atom stereocenters. The van der Waals surface area contributed by atoms with Crippen LogP contribution in [0.15, 0.2) is 48.5 Å². The van der Waals surface area contributed by atoms with E-state index in [0.29, 0.717) is 38.0 Å². The number of benzene rings is 2. The van der Waals surface area contributed by atoms with Crippen LogP contribution in [0.1, 0.15) is 35.4 Å². The van der Waals surface area contributed by atoms with Crippen LogP contribution < -0.4 is 0 Å². The first-order valence-corrected chi connectivity index (χ1v) is 10.1. The van der Waals surface area contributed by atoms with Gasteiger partial charge in [-0.3, -0.25) is 9.69 Å². The van der Waals surface area contributed by atoms with E-state index in [0.717, 1.165) is 11.1 Å². The highest BCUT2D eigenvalue weighted by Gasteiger charge is 2.49. The molecule has 4 rings (SSSR count). The predicted molar refractivity (Wildman–Crippen MR) is 107 cm³/mol. The topological polar surface area (TPSA) is 43.8 Å². The van der Waals surface area contributed by atoms with Crippen LogP contribution in [0.3, 0.4) is 0 Å². The number of rotatable bonds is 4. The minimum atomic E-state index is -2.92. The molecule has 29 heavy (non-hydrogen) atoms. The fraction of sp³-hybridized carbons (Fsp3) is 0.435. The maximum atomic E-state index is 14.9. The highest BCUT2D eigenvalue weighted by atomic mass is 19.3. The Balaban J connectivity index is 1.41. The van der Waals surface area contributed by atoms with Crippen molar-refractivity contribution < 1.29 is 18.7 Å². The molecule has 2 aliphatic heterocycles. The molecule has 2 heterocycles. The fourth-order valence-electron chi connectivity index (χ4n) is 4.48. The van der Waals surface area contributed by atoms with Gasteiger partial charge in [0.2, 0.25) is 5.91 Å². The summed E-state index contributed by atoms with van der Waals surface area (Å²) in [5.41, 5.74) is 2.75. The predicted octanol–water partition coefficient (Wildman–Crippen LogP) is 3.93. The maximum absolute atomic E-state index is 14.9. The lowest BCUT2D eigenvalue weighted by Gasteiger charge is -2.40. The van der Waals surface area contributed by atoms with Crippen molar-refractivity contribution in [3.8, 4) is 5.75 Å². The second-order valence-corrected chi connectivity index (χ2v) is 8.21. The molecular formula is C23H26F2N2O2. The molecule has 0 spiro atoms. The SMILES string of the molecule is Cc1ccc(CN2CC[C@@H](N3CC[C@@H](c4ccc(O)cc4)C(F)(F)C3)C2=O)cc1. The molecule has 2 atom stereocenters. The van der Waals surface area contributed by atoms with Gasteiger partial charge in [0.25, 0.3) is 5.92 Å². The molecule has 0 saturated carbocycles. The minimum Gasteiger partial charge on any atom is -0.508 e. The van der Waals surface area contributed by atoms with Crippen molar-refractivity contribution in [3.05, 3.63) is 65.2 Å². The van der Waals surface area contributed by atoms with Crippen LogP contribution in [0.2, 0.25) is 0 Å². The van der Waals surface area contributed by atoms with Crippen molar-refractivity contribution in [1.29, 1.82) is 0 Å². The fourth-order valence-corrected chi connectivity index (χ4v) is 4.48. The number of likely N-dealkylation sites (tertiary alicyclic amines) is 2. The number of nitrogens with zero attached hydrogens (tertiary/aromatic N) is 2. The first kappa shape index (κ1) is 19.8. The lowest BCUT2D eigenvalue weighted by molar-refractivity contribution is -0.137. The Bertz CT molecular complexity index is 867. The van der Waals surface area contributed by atoms with Gasteiger partial charge in [-0.15, -0.1) is 0 Å². The number of phenolic OH excluding ortho intramolecular Hbond substituents is 1. The number of carbonyl (C=O) groups is 1. The number of piperidine rings is 1. The molecule has 2 fully saturated rings. The summed E-state index contributed by atoms with van der Waals surface area (Å²) in [6, 6.07) is 13.6. The zero-order chi connectivity index (χ0) is 20.6. The van der Waals surface area contributed by atoms with Gasteiger partial charge in [0.15, 0.2) is 0 Å². The molecule has 0 bridgehead atoms. The van der Waals surface area contributed by atoms with Crippen molar-refractivity contribution in [2.75, 3.05) is 19.6 Å². The molecule has 2 aliphatic rings. The van der Waals surface area contributed by atoms with Crippen LogP contribution in [0.5, 0.6) is 5.75 Å². The highest BCUT2D eigenvalue weighted by Crippen LogP contribution is 2.42. The quantitative estimate of drug-likeness (QED) is 0.846. The highest BCUT2D eigenvalue weighted by molar-refractivity contribution is 5.84. The Morgan fingerprint density at radius 1 is 1.03 bits per heavy atom. The maximum Gasteiger partial charge on any atom is 0.267 e. The number of carbonyl (C=O) groups excluding carboxylic acids is 1. The number of halogens is 2. The summed E-state index contributed by atoms with van der Waals surface area (Å²) in [6.45, 7) is 3.20. The van der Waals surface area contributed by atoms with Crippen LogP contribution in [-0.2, 0) is 11.3 Å². The van der Waals surface area contributed by atoms with E-state index in [9.17, 15) is 18.7 Å². The van der Waals surface area contributed by atoms with Crippen molar-refractivity contribution >= 4 is 5.91 Å². The normalized spacial score (nSPS) is 24.8. The van der Waals surface area contributed by atoms with Gasteiger partial charge in [0.1, 0.15) is 5.75 Å². The van der Waals surface area contributed by atoms with E-state index in [-0.39, 0.29) is 11.7 Å². The molecule has 4 nitrogen and oxygen atoms in total. The monoisotopic (exact) mass is 400 g/mol. The average molecular weight is 400 g/mol. The first-order valence-electron chi connectivity index (χ1n) is 10.1. The minimum absolute atomic E-state index is 0.0514.